The minimum absolute atomic E-state index is 0.102. The number of nitrogen functional groups attached to an aromatic ring is 1. The van der Waals surface area contributed by atoms with Gasteiger partial charge in [0.1, 0.15) is 11.5 Å². The van der Waals surface area contributed by atoms with Gasteiger partial charge in [-0.1, -0.05) is 0 Å². The third-order valence-electron chi connectivity index (χ3n) is 2.10. The third kappa shape index (κ3) is 1.39. The number of anilines is 1. The summed E-state index contributed by atoms with van der Waals surface area (Å²) in [4.78, 5) is 9.90. The number of aliphatic hydroxyl groups excluding tert-OH is 1. The molecule has 0 amide bonds. The molecule has 1 saturated heterocycles. The van der Waals surface area contributed by atoms with E-state index in [0.717, 1.165) is 0 Å². The molecule has 0 aliphatic carbocycles. The van der Waals surface area contributed by atoms with Crippen molar-refractivity contribution < 1.29 is 5.11 Å². The Kier molecular flexibility index (Phi) is 2.05. The summed E-state index contributed by atoms with van der Waals surface area (Å²) in [6.07, 6.45) is 2.74. The molecule has 1 aliphatic heterocycles. The van der Waals surface area contributed by atoms with E-state index in [9.17, 15) is 0 Å². The molecule has 2 heterocycles. The maximum Gasteiger partial charge on any atom is 0.158 e. The van der Waals surface area contributed by atoms with Crippen molar-refractivity contribution >= 4 is 11.7 Å². The number of rotatable bonds is 2. The van der Waals surface area contributed by atoms with Crippen molar-refractivity contribution in [2.24, 2.45) is 5.73 Å². The molecule has 0 radical (unpaired) electrons. The molecule has 1 aromatic heterocycles. The highest BCUT2D eigenvalue weighted by Gasteiger charge is 2.28. The second-order valence-corrected chi connectivity index (χ2v) is 3.20. The molecule has 1 aliphatic rings. The molecule has 14 heavy (non-hydrogen) atoms. The standard InChI is InChI=1S/C8H11N5O/c9-7(10)6-8(12-2-1-11-6)13-3-5(14)4-13/h1-2,5,14H,3-4H2,(H3,9,10). The van der Waals surface area contributed by atoms with Crippen LogP contribution >= 0.6 is 0 Å². The number of nitrogens with two attached hydrogens (primary N) is 1. The van der Waals surface area contributed by atoms with E-state index in [1.165, 1.54) is 6.20 Å². The summed E-state index contributed by atoms with van der Waals surface area (Å²) in [5.41, 5.74) is 5.73. The van der Waals surface area contributed by atoms with Crippen LogP contribution in [0.5, 0.6) is 0 Å². The van der Waals surface area contributed by atoms with Crippen LogP contribution in [0.4, 0.5) is 5.82 Å². The number of aromatic nitrogens is 2. The Bertz CT molecular complexity index is 361. The molecule has 0 unspecified atom stereocenters. The molecule has 1 fully saturated rings. The average Bonchev–Trinajstić information content (AvgIpc) is 2.13. The quantitative estimate of drug-likeness (QED) is 0.411. The van der Waals surface area contributed by atoms with E-state index in [-0.39, 0.29) is 11.9 Å². The summed E-state index contributed by atoms with van der Waals surface area (Å²) < 4.78 is 0. The number of β-amino-alcohol motifs (C(OH)–C–C–N with tert-alkyl or cyclic N) is 1. The lowest BCUT2D eigenvalue weighted by molar-refractivity contribution is 0.141. The fourth-order valence-corrected chi connectivity index (χ4v) is 1.38. The molecule has 0 aromatic carbocycles. The van der Waals surface area contributed by atoms with Gasteiger partial charge >= 0.3 is 0 Å². The Morgan fingerprint density at radius 3 is 2.71 bits per heavy atom. The van der Waals surface area contributed by atoms with Gasteiger partial charge in [-0.25, -0.2) is 9.97 Å². The zero-order valence-electron chi connectivity index (χ0n) is 7.51. The summed E-state index contributed by atoms with van der Waals surface area (Å²) in [5.74, 6) is 0.472. The van der Waals surface area contributed by atoms with E-state index in [2.05, 4.69) is 9.97 Å². The number of nitrogens with one attached hydrogen (secondary N) is 1. The van der Waals surface area contributed by atoms with Crippen LogP contribution < -0.4 is 10.6 Å². The molecular formula is C8H11N5O. The van der Waals surface area contributed by atoms with Crippen molar-refractivity contribution in [1.29, 1.82) is 5.41 Å². The van der Waals surface area contributed by atoms with E-state index in [1.807, 2.05) is 4.90 Å². The Balaban J connectivity index is 2.28. The molecule has 2 rings (SSSR count). The lowest BCUT2D eigenvalue weighted by atomic mass is 10.1. The first-order valence-electron chi connectivity index (χ1n) is 4.27. The summed E-state index contributed by atoms with van der Waals surface area (Å²) in [7, 11) is 0. The Hall–Kier alpha value is -1.69. The molecule has 6 nitrogen and oxygen atoms in total. The highest BCUT2D eigenvalue weighted by molar-refractivity contribution is 5.97. The van der Waals surface area contributed by atoms with Crippen molar-refractivity contribution in [3.63, 3.8) is 0 Å². The van der Waals surface area contributed by atoms with Crippen molar-refractivity contribution in [3.05, 3.63) is 18.1 Å². The second-order valence-electron chi connectivity index (χ2n) is 3.20. The Morgan fingerprint density at radius 2 is 2.14 bits per heavy atom. The van der Waals surface area contributed by atoms with Gasteiger partial charge in [0, 0.05) is 25.5 Å². The molecular weight excluding hydrogens is 182 g/mol. The highest BCUT2D eigenvalue weighted by atomic mass is 16.3. The first-order chi connectivity index (χ1) is 6.68. The third-order valence-corrected chi connectivity index (χ3v) is 2.10. The number of aliphatic hydroxyl groups is 1. The molecule has 0 bridgehead atoms. The number of amidine groups is 1. The van der Waals surface area contributed by atoms with Crippen LogP contribution in [0.15, 0.2) is 12.4 Å². The molecule has 0 spiro atoms. The molecule has 4 N–H and O–H groups in total. The smallest absolute Gasteiger partial charge is 0.158 e. The summed E-state index contributed by atoms with van der Waals surface area (Å²) in [5, 5.41) is 16.4. The van der Waals surface area contributed by atoms with Gasteiger partial charge in [-0.2, -0.15) is 0 Å². The monoisotopic (exact) mass is 193 g/mol. The number of hydrogen-bond donors (Lipinski definition) is 3. The summed E-state index contributed by atoms with van der Waals surface area (Å²) in [6.45, 7) is 1.05. The lowest BCUT2D eigenvalue weighted by Crippen LogP contribution is -2.52. The zero-order chi connectivity index (χ0) is 10.1. The van der Waals surface area contributed by atoms with E-state index in [0.29, 0.717) is 24.6 Å². The van der Waals surface area contributed by atoms with Crippen molar-refractivity contribution in [2.75, 3.05) is 18.0 Å². The molecule has 74 valence electrons. The maximum absolute atomic E-state index is 9.13. The van der Waals surface area contributed by atoms with Crippen LogP contribution in [-0.2, 0) is 0 Å². The molecule has 1 aromatic rings. The molecule has 6 heteroatoms. The average molecular weight is 193 g/mol. The number of nitrogens with zero attached hydrogens (tertiary/aromatic N) is 3. The Morgan fingerprint density at radius 1 is 1.50 bits per heavy atom. The van der Waals surface area contributed by atoms with Crippen LogP contribution in [0, 0.1) is 5.41 Å². The molecule has 0 atom stereocenters. The fraction of sp³-hybridized carbons (Fsp3) is 0.375. The zero-order valence-corrected chi connectivity index (χ0v) is 7.51. The van der Waals surface area contributed by atoms with Crippen LogP contribution in [-0.4, -0.2) is 40.1 Å². The van der Waals surface area contributed by atoms with Gasteiger partial charge in [0.05, 0.1) is 6.10 Å². The van der Waals surface area contributed by atoms with Gasteiger partial charge in [0.15, 0.2) is 5.82 Å². The van der Waals surface area contributed by atoms with Crippen LogP contribution in [0.3, 0.4) is 0 Å². The van der Waals surface area contributed by atoms with Crippen molar-refractivity contribution in [1.82, 2.24) is 9.97 Å². The topological polar surface area (TPSA) is 99.1 Å². The van der Waals surface area contributed by atoms with Gasteiger partial charge in [0.25, 0.3) is 0 Å². The van der Waals surface area contributed by atoms with Crippen molar-refractivity contribution in [2.45, 2.75) is 6.10 Å². The minimum atomic E-state index is -0.309. The fourth-order valence-electron chi connectivity index (χ4n) is 1.38. The molecule has 0 saturated carbocycles. The predicted octanol–water partition coefficient (Wildman–Crippen LogP) is -1.06. The van der Waals surface area contributed by atoms with Crippen LogP contribution in [0.25, 0.3) is 0 Å². The van der Waals surface area contributed by atoms with Gasteiger partial charge in [-0.05, 0) is 0 Å². The van der Waals surface area contributed by atoms with Crippen molar-refractivity contribution in [3.8, 4) is 0 Å². The van der Waals surface area contributed by atoms with E-state index >= 15 is 0 Å². The van der Waals surface area contributed by atoms with Gasteiger partial charge < -0.3 is 15.7 Å². The van der Waals surface area contributed by atoms with Gasteiger partial charge in [-0.15, -0.1) is 0 Å². The van der Waals surface area contributed by atoms with Gasteiger partial charge in [-0.3, -0.25) is 5.41 Å². The van der Waals surface area contributed by atoms with E-state index in [1.54, 1.807) is 6.20 Å². The first kappa shape index (κ1) is 8.89. The largest absolute Gasteiger partial charge is 0.389 e. The lowest BCUT2D eigenvalue weighted by Gasteiger charge is -2.37. The maximum atomic E-state index is 9.13. The highest BCUT2D eigenvalue weighted by Crippen LogP contribution is 2.20. The predicted molar refractivity (Wildman–Crippen MR) is 51.3 cm³/mol. The SMILES string of the molecule is N=C(N)c1nccnc1N1CC(O)C1. The first-order valence-corrected chi connectivity index (χ1v) is 4.27. The Labute approximate surface area is 80.9 Å². The van der Waals surface area contributed by atoms with Crippen LogP contribution in [0.1, 0.15) is 5.69 Å². The van der Waals surface area contributed by atoms with Gasteiger partial charge in [0.2, 0.25) is 0 Å². The summed E-state index contributed by atoms with van der Waals surface area (Å²) >= 11 is 0. The number of hydrogen-bond acceptors (Lipinski definition) is 5. The van der Waals surface area contributed by atoms with Crippen LogP contribution in [0.2, 0.25) is 0 Å². The normalized spacial score (nSPS) is 16.5. The minimum Gasteiger partial charge on any atom is -0.389 e. The van der Waals surface area contributed by atoms with E-state index in [4.69, 9.17) is 16.2 Å². The summed E-state index contributed by atoms with van der Waals surface area (Å²) in [6, 6.07) is 0. The second kappa shape index (κ2) is 3.22. The van der Waals surface area contributed by atoms with E-state index < -0.39 is 0 Å².